The van der Waals surface area contributed by atoms with Gasteiger partial charge in [-0.25, -0.2) is 4.79 Å². The number of benzene rings is 2. The molecule has 1 heterocycles. The normalized spacial score (nSPS) is 11.9. The number of hydrogen-bond acceptors (Lipinski definition) is 5. The fraction of sp³-hybridized carbons (Fsp3) is 0.211. The second-order valence-electron chi connectivity index (χ2n) is 6.40. The van der Waals surface area contributed by atoms with Crippen molar-refractivity contribution >= 4 is 22.5 Å². The highest BCUT2D eigenvalue weighted by atomic mass is 16.6. The highest BCUT2D eigenvalue weighted by molar-refractivity contribution is 5.79. The lowest BCUT2D eigenvalue weighted by molar-refractivity contribution is -0.384. The zero-order valence-corrected chi connectivity index (χ0v) is 15.3. The Morgan fingerprint density at radius 2 is 1.93 bits per heavy atom. The van der Waals surface area contributed by atoms with Crippen LogP contribution in [0.1, 0.15) is 18.5 Å². The zero-order chi connectivity index (χ0) is 20.4. The molecule has 0 aliphatic heterocycles. The maximum atomic E-state index is 12.7. The number of hydrogen-bond donors (Lipinski definition) is 1. The lowest BCUT2D eigenvalue weighted by atomic mass is 10.1. The molecule has 1 N–H and O–H groups in total. The number of H-pyrrole nitrogens is 1. The quantitative estimate of drug-likeness (QED) is 0.533. The highest BCUT2D eigenvalue weighted by Crippen LogP contribution is 2.23. The first kappa shape index (κ1) is 19.0. The van der Waals surface area contributed by atoms with Crippen molar-refractivity contribution in [1.82, 2.24) is 14.5 Å². The summed E-state index contributed by atoms with van der Waals surface area (Å²) in [6.45, 7) is 1.28. The first-order valence-electron chi connectivity index (χ1n) is 8.51. The van der Waals surface area contributed by atoms with Crippen LogP contribution in [-0.2, 0) is 11.3 Å². The van der Waals surface area contributed by atoms with E-state index < -0.39 is 34.7 Å². The molecule has 2 aromatic carbocycles. The van der Waals surface area contributed by atoms with Gasteiger partial charge < -0.3 is 9.88 Å². The van der Waals surface area contributed by atoms with Gasteiger partial charge in [-0.15, -0.1) is 0 Å². The third-order valence-corrected chi connectivity index (χ3v) is 4.72. The third-order valence-electron chi connectivity index (χ3n) is 4.72. The molecule has 9 heteroatoms. The summed E-state index contributed by atoms with van der Waals surface area (Å²) in [6.07, 6.45) is 0. The molecule has 0 saturated carbocycles. The number of amides is 1. The van der Waals surface area contributed by atoms with Gasteiger partial charge in [-0.05, 0) is 24.6 Å². The predicted octanol–water partition coefficient (Wildman–Crippen LogP) is 1.82. The fourth-order valence-corrected chi connectivity index (χ4v) is 2.93. The number of likely N-dealkylation sites (N-methyl/N-ethyl adjacent to an activating group) is 1. The van der Waals surface area contributed by atoms with Crippen molar-refractivity contribution < 1.29 is 9.72 Å². The summed E-state index contributed by atoms with van der Waals surface area (Å²) in [5, 5.41) is 11.3. The molecule has 0 bridgehead atoms. The molecule has 0 fully saturated rings. The number of nitro benzene ring substituents is 1. The van der Waals surface area contributed by atoms with Crippen LogP contribution in [0, 0.1) is 10.1 Å². The minimum Gasteiger partial charge on any atom is -0.337 e. The van der Waals surface area contributed by atoms with Crippen molar-refractivity contribution in [3.8, 4) is 0 Å². The fourth-order valence-electron chi connectivity index (χ4n) is 2.93. The number of nitrogens with one attached hydrogen (secondary N) is 1. The molecule has 0 aliphatic rings. The van der Waals surface area contributed by atoms with Gasteiger partial charge >= 0.3 is 5.69 Å². The number of rotatable bonds is 5. The van der Waals surface area contributed by atoms with Crippen LogP contribution in [0.2, 0.25) is 0 Å². The van der Waals surface area contributed by atoms with Crippen LogP contribution >= 0.6 is 0 Å². The second-order valence-corrected chi connectivity index (χ2v) is 6.40. The standard InChI is InChI=1S/C19H18N4O5/c1-12(13-6-5-7-14(10-13)23(27)28)21(2)17(24)11-22-18(25)15-8-3-4-9-16(15)20-19(22)26/h3-10,12H,11H2,1-2H3,(H,20,26). The Labute approximate surface area is 159 Å². The van der Waals surface area contributed by atoms with Crippen LogP contribution in [-0.4, -0.2) is 32.3 Å². The lowest BCUT2D eigenvalue weighted by Gasteiger charge is -2.25. The topological polar surface area (TPSA) is 118 Å². The van der Waals surface area contributed by atoms with E-state index in [-0.39, 0.29) is 5.69 Å². The van der Waals surface area contributed by atoms with E-state index >= 15 is 0 Å². The van der Waals surface area contributed by atoms with Crippen LogP contribution in [0.15, 0.2) is 58.1 Å². The van der Waals surface area contributed by atoms with E-state index in [2.05, 4.69) is 4.98 Å². The SMILES string of the molecule is CC(c1cccc([N+](=O)[O-])c1)N(C)C(=O)Cn1c(=O)[nH]c2ccccc2c1=O. The van der Waals surface area contributed by atoms with Crippen LogP contribution in [0.4, 0.5) is 5.69 Å². The van der Waals surface area contributed by atoms with Crippen LogP contribution in [0.25, 0.3) is 10.9 Å². The number of carbonyl (C=O) groups excluding carboxylic acids is 1. The van der Waals surface area contributed by atoms with Crippen LogP contribution in [0.5, 0.6) is 0 Å². The number of aromatic amines is 1. The van der Waals surface area contributed by atoms with E-state index in [1.807, 2.05) is 0 Å². The predicted molar refractivity (Wildman–Crippen MR) is 103 cm³/mol. The molecule has 0 aliphatic carbocycles. The van der Waals surface area contributed by atoms with Gasteiger partial charge in [0.15, 0.2) is 0 Å². The monoisotopic (exact) mass is 382 g/mol. The molecular weight excluding hydrogens is 364 g/mol. The van der Waals surface area contributed by atoms with Crippen molar-refractivity contribution in [2.75, 3.05) is 7.05 Å². The molecule has 3 aromatic rings. The summed E-state index contributed by atoms with van der Waals surface area (Å²) >= 11 is 0. The number of non-ortho nitro benzene ring substituents is 1. The molecule has 28 heavy (non-hydrogen) atoms. The van der Waals surface area contributed by atoms with Gasteiger partial charge in [0.2, 0.25) is 5.91 Å². The molecule has 1 unspecified atom stereocenters. The summed E-state index contributed by atoms with van der Waals surface area (Å²) in [5.74, 6) is -0.470. The molecule has 0 radical (unpaired) electrons. The summed E-state index contributed by atoms with van der Waals surface area (Å²) in [5.41, 5.74) is -0.325. The lowest BCUT2D eigenvalue weighted by Crippen LogP contribution is -2.41. The minimum absolute atomic E-state index is 0.0765. The Balaban J connectivity index is 1.88. The first-order chi connectivity index (χ1) is 13.3. The molecule has 1 atom stereocenters. The van der Waals surface area contributed by atoms with Gasteiger partial charge in [0.05, 0.1) is 21.9 Å². The third kappa shape index (κ3) is 3.54. The molecule has 0 spiro atoms. The van der Waals surface area contributed by atoms with Crippen molar-refractivity contribution in [3.05, 3.63) is 85.0 Å². The zero-order valence-electron chi connectivity index (χ0n) is 15.3. The highest BCUT2D eigenvalue weighted by Gasteiger charge is 2.21. The van der Waals surface area contributed by atoms with Gasteiger partial charge in [-0.3, -0.25) is 24.3 Å². The Bertz CT molecular complexity index is 1180. The van der Waals surface area contributed by atoms with Gasteiger partial charge in [0.1, 0.15) is 6.54 Å². The molecule has 1 aromatic heterocycles. The molecule has 144 valence electrons. The minimum atomic E-state index is -0.673. The smallest absolute Gasteiger partial charge is 0.329 e. The summed E-state index contributed by atoms with van der Waals surface area (Å²) in [4.78, 5) is 51.8. The summed E-state index contributed by atoms with van der Waals surface area (Å²) < 4.78 is 0.849. The average Bonchev–Trinajstić information content (AvgIpc) is 2.69. The molecular formula is C19H18N4O5. The second kappa shape index (κ2) is 7.47. The van der Waals surface area contributed by atoms with Gasteiger partial charge in [0.25, 0.3) is 11.2 Å². The van der Waals surface area contributed by atoms with Crippen molar-refractivity contribution in [2.45, 2.75) is 19.5 Å². The van der Waals surface area contributed by atoms with Gasteiger partial charge in [-0.1, -0.05) is 24.3 Å². The number of fused-ring (bicyclic) bond motifs is 1. The van der Waals surface area contributed by atoms with E-state index in [1.54, 1.807) is 43.3 Å². The Kier molecular flexibility index (Phi) is 5.08. The van der Waals surface area contributed by atoms with E-state index in [0.717, 1.165) is 4.57 Å². The van der Waals surface area contributed by atoms with E-state index in [1.165, 1.54) is 24.1 Å². The Morgan fingerprint density at radius 1 is 1.21 bits per heavy atom. The number of nitrogens with zero attached hydrogens (tertiary/aromatic N) is 3. The summed E-state index contributed by atoms with van der Waals surface area (Å²) in [6, 6.07) is 12.0. The van der Waals surface area contributed by atoms with Crippen molar-refractivity contribution in [3.63, 3.8) is 0 Å². The van der Waals surface area contributed by atoms with Crippen LogP contribution in [0.3, 0.4) is 0 Å². The Morgan fingerprint density at radius 3 is 2.64 bits per heavy atom. The van der Waals surface area contributed by atoms with Gasteiger partial charge in [0, 0.05) is 19.2 Å². The molecule has 0 saturated heterocycles. The molecule has 1 amide bonds. The number of para-hydroxylation sites is 1. The molecule has 3 rings (SSSR count). The van der Waals surface area contributed by atoms with Crippen molar-refractivity contribution in [1.29, 1.82) is 0 Å². The maximum absolute atomic E-state index is 12.7. The van der Waals surface area contributed by atoms with Crippen LogP contribution < -0.4 is 11.2 Å². The number of aromatic nitrogens is 2. The number of nitro groups is 1. The largest absolute Gasteiger partial charge is 0.337 e. The van der Waals surface area contributed by atoms with E-state index in [0.29, 0.717) is 16.5 Å². The van der Waals surface area contributed by atoms with Crippen molar-refractivity contribution in [2.24, 2.45) is 0 Å². The maximum Gasteiger partial charge on any atom is 0.329 e. The average molecular weight is 382 g/mol. The number of carbonyl (C=O) groups is 1. The molecule has 9 nitrogen and oxygen atoms in total. The Hall–Kier alpha value is -3.75. The van der Waals surface area contributed by atoms with E-state index in [4.69, 9.17) is 0 Å². The van der Waals surface area contributed by atoms with E-state index in [9.17, 15) is 24.5 Å². The van der Waals surface area contributed by atoms with Gasteiger partial charge in [-0.2, -0.15) is 0 Å². The summed E-state index contributed by atoms with van der Waals surface area (Å²) in [7, 11) is 1.52. The first-order valence-corrected chi connectivity index (χ1v) is 8.51.